The number of nitriles is 1. The van der Waals surface area contributed by atoms with E-state index in [-0.39, 0.29) is 11.7 Å². The maximum atomic E-state index is 12.7. The smallest absolute Gasteiger partial charge is 0.234 e. The Hall–Kier alpha value is -3.06. The molecule has 7 nitrogen and oxygen atoms in total. The van der Waals surface area contributed by atoms with Gasteiger partial charge < -0.3 is 19.7 Å². The lowest BCUT2D eigenvalue weighted by Gasteiger charge is -2.27. The van der Waals surface area contributed by atoms with Crippen LogP contribution < -0.4 is 14.8 Å². The van der Waals surface area contributed by atoms with E-state index in [0.29, 0.717) is 27.8 Å². The largest absolute Gasteiger partial charge is 0.493 e. The van der Waals surface area contributed by atoms with Crippen molar-refractivity contribution in [1.29, 1.82) is 5.26 Å². The molecule has 33 heavy (non-hydrogen) atoms. The number of anilines is 1. The lowest BCUT2D eigenvalue weighted by molar-refractivity contribution is -0.113. The van der Waals surface area contributed by atoms with Crippen molar-refractivity contribution < 1.29 is 14.3 Å². The molecule has 3 aromatic rings. The van der Waals surface area contributed by atoms with E-state index in [0.717, 1.165) is 41.2 Å². The van der Waals surface area contributed by atoms with Crippen molar-refractivity contribution >= 4 is 34.7 Å². The molecule has 1 aliphatic rings. The van der Waals surface area contributed by atoms with Crippen molar-refractivity contribution in [2.75, 3.05) is 38.9 Å². The number of hydrogen-bond acceptors (Lipinski definition) is 8. The summed E-state index contributed by atoms with van der Waals surface area (Å²) in [7, 11) is 5.19. The van der Waals surface area contributed by atoms with Crippen molar-refractivity contribution in [3.8, 4) is 28.0 Å². The number of likely N-dealkylation sites (N-methyl/N-ethyl adjacent to an activating group) is 1. The molecule has 9 heteroatoms. The Labute approximate surface area is 201 Å². The van der Waals surface area contributed by atoms with Crippen LogP contribution in [-0.4, -0.2) is 49.4 Å². The Bertz CT molecular complexity index is 1210. The first kappa shape index (κ1) is 23.1. The number of thioether (sulfide) groups is 1. The van der Waals surface area contributed by atoms with Gasteiger partial charge >= 0.3 is 0 Å². The summed E-state index contributed by atoms with van der Waals surface area (Å²) in [5.74, 6) is 1.08. The Balaban J connectivity index is 1.58. The first-order valence-corrected chi connectivity index (χ1v) is 12.2. The predicted octanol–water partition coefficient (Wildman–Crippen LogP) is 4.42. The normalized spacial score (nSPS) is 13.2. The molecule has 0 radical (unpaired) electrons. The van der Waals surface area contributed by atoms with Crippen LogP contribution in [0.25, 0.3) is 10.4 Å². The zero-order valence-corrected chi connectivity index (χ0v) is 20.3. The van der Waals surface area contributed by atoms with E-state index in [1.54, 1.807) is 43.8 Å². The molecule has 170 valence electrons. The van der Waals surface area contributed by atoms with E-state index in [4.69, 9.17) is 14.5 Å². The number of fused-ring (bicyclic) bond motifs is 1. The number of nitrogens with zero attached hydrogens (tertiary/aromatic N) is 3. The number of amides is 1. The zero-order valence-electron chi connectivity index (χ0n) is 18.7. The Morgan fingerprint density at radius 1 is 1.30 bits per heavy atom. The molecule has 1 aromatic carbocycles. The van der Waals surface area contributed by atoms with E-state index >= 15 is 0 Å². The third kappa shape index (κ3) is 4.98. The molecule has 3 heterocycles. The highest BCUT2D eigenvalue weighted by molar-refractivity contribution is 8.00. The fraction of sp³-hybridized carbons (Fsp3) is 0.292. The second-order valence-corrected chi connectivity index (χ2v) is 9.49. The molecule has 1 aliphatic heterocycles. The number of nitrogens with one attached hydrogen (secondary N) is 1. The van der Waals surface area contributed by atoms with Crippen molar-refractivity contribution in [3.05, 3.63) is 52.5 Å². The Kier molecular flexibility index (Phi) is 7.18. The van der Waals surface area contributed by atoms with Crippen molar-refractivity contribution in [2.45, 2.75) is 18.0 Å². The summed E-state index contributed by atoms with van der Waals surface area (Å²) in [5, 5.41) is 15.5. The number of hydrogen-bond donors (Lipinski definition) is 1. The maximum absolute atomic E-state index is 12.7. The molecule has 0 saturated heterocycles. The molecule has 1 amide bonds. The fourth-order valence-corrected chi connectivity index (χ4v) is 5.43. The topological polar surface area (TPSA) is 87.5 Å². The van der Waals surface area contributed by atoms with Crippen molar-refractivity contribution in [1.82, 2.24) is 9.88 Å². The highest BCUT2D eigenvalue weighted by atomic mass is 32.2. The number of carbonyl (C=O) groups is 1. The minimum absolute atomic E-state index is 0.137. The molecule has 0 aliphatic carbocycles. The summed E-state index contributed by atoms with van der Waals surface area (Å²) in [6, 6.07) is 11.6. The summed E-state index contributed by atoms with van der Waals surface area (Å²) in [6.45, 7) is 1.68. The van der Waals surface area contributed by atoms with Gasteiger partial charge in [0.05, 0.1) is 25.5 Å². The SMILES string of the molecule is COc1ccc(NC(=O)CSc2nc3c(c(-c4cccs4)c2C#N)CN(C)CC3)cc1OC. The zero-order chi connectivity index (χ0) is 23.4. The summed E-state index contributed by atoms with van der Waals surface area (Å²) in [6.07, 6.45) is 0.821. The Morgan fingerprint density at radius 2 is 2.12 bits per heavy atom. The van der Waals surface area contributed by atoms with Gasteiger partial charge in [0.15, 0.2) is 11.5 Å². The van der Waals surface area contributed by atoms with E-state index < -0.39 is 0 Å². The lowest BCUT2D eigenvalue weighted by Crippen LogP contribution is -2.28. The van der Waals surface area contributed by atoms with Crippen LogP contribution in [0.1, 0.15) is 16.8 Å². The van der Waals surface area contributed by atoms with Crippen LogP contribution in [0.4, 0.5) is 5.69 Å². The Morgan fingerprint density at radius 3 is 2.82 bits per heavy atom. The number of thiophene rings is 1. The van der Waals surface area contributed by atoms with Crippen LogP contribution in [0.15, 0.2) is 40.7 Å². The van der Waals surface area contributed by atoms with Gasteiger partial charge in [0.25, 0.3) is 0 Å². The second kappa shape index (κ2) is 10.3. The molecule has 0 spiro atoms. The van der Waals surface area contributed by atoms with E-state index in [1.165, 1.54) is 11.8 Å². The van der Waals surface area contributed by atoms with Gasteiger partial charge in [-0.15, -0.1) is 11.3 Å². The molecule has 0 bridgehead atoms. The molecule has 0 unspecified atom stereocenters. The number of benzene rings is 1. The summed E-state index contributed by atoms with van der Waals surface area (Å²) >= 11 is 2.90. The number of pyridine rings is 1. The van der Waals surface area contributed by atoms with Gasteiger partial charge in [-0.05, 0) is 36.2 Å². The summed E-state index contributed by atoms with van der Waals surface area (Å²) in [4.78, 5) is 20.8. The van der Waals surface area contributed by atoms with E-state index in [1.807, 2.05) is 17.5 Å². The molecule has 0 fully saturated rings. The van der Waals surface area contributed by atoms with Crippen molar-refractivity contribution in [2.24, 2.45) is 0 Å². The molecular formula is C24H24N4O3S2. The molecule has 2 aromatic heterocycles. The van der Waals surface area contributed by atoms with E-state index in [9.17, 15) is 10.1 Å². The van der Waals surface area contributed by atoms with Gasteiger partial charge in [-0.25, -0.2) is 4.98 Å². The maximum Gasteiger partial charge on any atom is 0.234 e. The molecular weight excluding hydrogens is 456 g/mol. The molecule has 0 atom stereocenters. The van der Waals surface area contributed by atoms with Gasteiger partial charge in [0.2, 0.25) is 5.91 Å². The highest BCUT2D eigenvalue weighted by Gasteiger charge is 2.25. The van der Waals surface area contributed by atoms with Crippen molar-refractivity contribution in [3.63, 3.8) is 0 Å². The number of aromatic nitrogens is 1. The van der Waals surface area contributed by atoms with Gasteiger partial charge in [-0.2, -0.15) is 5.26 Å². The second-order valence-electron chi connectivity index (χ2n) is 7.58. The minimum Gasteiger partial charge on any atom is -0.493 e. The highest BCUT2D eigenvalue weighted by Crippen LogP contribution is 2.39. The quantitative estimate of drug-likeness (QED) is 0.501. The third-order valence-electron chi connectivity index (χ3n) is 5.40. The van der Waals surface area contributed by atoms with Gasteiger partial charge in [-0.3, -0.25) is 4.79 Å². The van der Waals surface area contributed by atoms with Crippen LogP contribution >= 0.6 is 23.1 Å². The van der Waals surface area contributed by atoms with Gasteiger partial charge in [-0.1, -0.05) is 17.8 Å². The van der Waals surface area contributed by atoms with Crippen LogP contribution in [-0.2, 0) is 17.8 Å². The fourth-order valence-electron chi connectivity index (χ4n) is 3.82. The monoisotopic (exact) mass is 480 g/mol. The van der Waals surface area contributed by atoms with Gasteiger partial charge in [0, 0.05) is 47.4 Å². The molecule has 0 saturated carbocycles. The van der Waals surface area contributed by atoms with Crippen LogP contribution in [0.2, 0.25) is 0 Å². The lowest BCUT2D eigenvalue weighted by atomic mass is 9.96. The average Bonchev–Trinajstić information content (AvgIpc) is 3.36. The van der Waals surface area contributed by atoms with Crippen LogP contribution in [0.5, 0.6) is 11.5 Å². The first-order chi connectivity index (χ1) is 16.0. The number of methoxy groups -OCH3 is 2. The molecule has 4 rings (SSSR count). The van der Waals surface area contributed by atoms with E-state index in [2.05, 4.69) is 23.3 Å². The summed E-state index contributed by atoms with van der Waals surface area (Å²) < 4.78 is 10.5. The van der Waals surface area contributed by atoms with Gasteiger partial charge in [0.1, 0.15) is 11.1 Å². The predicted molar refractivity (Wildman–Crippen MR) is 131 cm³/mol. The average molecular weight is 481 g/mol. The first-order valence-electron chi connectivity index (χ1n) is 10.4. The minimum atomic E-state index is -0.187. The van der Waals surface area contributed by atoms with Crippen LogP contribution in [0.3, 0.4) is 0 Å². The number of carbonyl (C=O) groups excluding carboxylic acids is 1. The number of rotatable bonds is 7. The standard InChI is InChI=1S/C24H24N4O3S2/c1-28-9-8-18-17(13-28)23(21-5-4-10-32-21)16(12-25)24(27-18)33-14-22(29)26-15-6-7-19(30-2)20(11-15)31-3/h4-7,10-11H,8-9,13-14H2,1-3H3,(H,26,29). The summed E-state index contributed by atoms with van der Waals surface area (Å²) in [5.41, 5.74) is 4.22. The third-order valence-corrected chi connectivity index (χ3v) is 7.26. The number of ether oxygens (including phenoxy) is 2. The molecule has 1 N–H and O–H groups in total. The van der Waals surface area contributed by atoms with Crippen LogP contribution in [0, 0.1) is 11.3 Å².